The van der Waals surface area contributed by atoms with E-state index in [0.29, 0.717) is 18.4 Å². The minimum Gasteiger partial charge on any atom is -0.467 e. The Bertz CT molecular complexity index is 526. The van der Waals surface area contributed by atoms with Gasteiger partial charge in [0.25, 0.3) is 5.91 Å². The van der Waals surface area contributed by atoms with Gasteiger partial charge in [-0.25, -0.2) is 4.79 Å². The lowest BCUT2D eigenvalue weighted by Crippen LogP contribution is -2.48. The third kappa shape index (κ3) is 3.90. The van der Waals surface area contributed by atoms with Gasteiger partial charge in [-0.2, -0.15) is 0 Å². The van der Waals surface area contributed by atoms with Crippen LogP contribution in [0.25, 0.3) is 0 Å². The normalized spacial score (nSPS) is 19.7. The maximum absolute atomic E-state index is 12.2. The molecule has 0 aromatic heterocycles. The molecule has 0 bridgehead atoms. The van der Waals surface area contributed by atoms with Crippen molar-refractivity contribution in [2.24, 2.45) is 5.92 Å². The number of rotatable bonds is 4. The van der Waals surface area contributed by atoms with Crippen LogP contribution in [0.3, 0.4) is 0 Å². The fourth-order valence-electron chi connectivity index (χ4n) is 2.65. The van der Waals surface area contributed by atoms with Gasteiger partial charge in [0.05, 0.1) is 7.11 Å². The number of ketones is 1. The van der Waals surface area contributed by atoms with Crippen LogP contribution in [-0.2, 0) is 14.3 Å². The molecule has 1 amide bonds. The molecule has 0 aliphatic heterocycles. The van der Waals surface area contributed by atoms with Crippen molar-refractivity contribution >= 4 is 17.7 Å². The smallest absolute Gasteiger partial charge is 0.328 e. The maximum Gasteiger partial charge on any atom is 0.328 e. The first-order valence-corrected chi connectivity index (χ1v) is 7.07. The van der Waals surface area contributed by atoms with E-state index in [0.717, 1.165) is 12.8 Å². The highest BCUT2D eigenvalue weighted by Gasteiger charge is 2.34. The second kappa shape index (κ2) is 7.02. The van der Waals surface area contributed by atoms with Crippen molar-refractivity contribution < 1.29 is 19.1 Å². The van der Waals surface area contributed by atoms with Gasteiger partial charge in [0, 0.05) is 18.4 Å². The number of hydrogen-bond donors (Lipinski definition) is 1. The Morgan fingerprint density at radius 1 is 1.29 bits per heavy atom. The summed E-state index contributed by atoms with van der Waals surface area (Å²) in [6, 6.07) is 7.91. The van der Waals surface area contributed by atoms with Crippen molar-refractivity contribution in [3.8, 4) is 0 Å². The van der Waals surface area contributed by atoms with E-state index in [2.05, 4.69) is 5.32 Å². The molecule has 0 spiro atoms. The molecular weight excluding hydrogens is 270 g/mol. The molecule has 1 aromatic carbocycles. The zero-order chi connectivity index (χ0) is 15.2. The van der Waals surface area contributed by atoms with Gasteiger partial charge in [-0.15, -0.1) is 0 Å². The van der Waals surface area contributed by atoms with Crippen LogP contribution in [0, 0.1) is 5.92 Å². The van der Waals surface area contributed by atoms with Gasteiger partial charge in [-0.05, 0) is 30.9 Å². The third-order valence-electron chi connectivity index (χ3n) is 3.77. The summed E-state index contributed by atoms with van der Waals surface area (Å²) >= 11 is 0. The van der Waals surface area contributed by atoms with Crippen LogP contribution in [0.2, 0.25) is 0 Å². The molecule has 5 nitrogen and oxygen atoms in total. The van der Waals surface area contributed by atoms with E-state index in [-0.39, 0.29) is 17.6 Å². The monoisotopic (exact) mass is 289 g/mol. The Balaban J connectivity index is 2.11. The Kier molecular flexibility index (Phi) is 5.09. The van der Waals surface area contributed by atoms with Gasteiger partial charge in [-0.1, -0.05) is 18.2 Å². The zero-order valence-corrected chi connectivity index (χ0v) is 12.0. The minimum atomic E-state index is -0.771. The molecule has 112 valence electrons. The highest BCUT2D eigenvalue weighted by atomic mass is 16.5. The Hall–Kier alpha value is -2.17. The van der Waals surface area contributed by atoms with E-state index in [9.17, 15) is 14.4 Å². The van der Waals surface area contributed by atoms with Gasteiger partial charge in [0.1, 0.15) is 11.8 Å². The molecule has 0 unspecified atom stereocenters. The van der Waals surface area contributed by atoms with E-state index < -0.39 is 12.0 Å². The average Bonchev–Trinajstić information content (AvgIpc) is 2.52. The summed E-state index contributed by atoms with van der Waals surface area (Å²) in [5.74, 6) is -0.886. The second-order valence-electron chi connectivity index (χ2n) is 5.24. The predicted octanol–water partition coefficient (Wildman–Crippen LogP) is 1.72. The number of ether oxygens (including phenoxy) is 1. The number of benzene rings is 1. The number of hydrogen-bond acceptors (Lipinski definition) is 4. The number of nitrogens with one attached hydrogen (secondary N) is 1. The van der Waals surface area contributed by atoms with E-state index in [4.69, 9.17) is 4.74 Å². The number of methoxy groups -OCH3 is 1. The van der Waals surface area contributed by atoms with Crippen LogP contribution < -0.4 is 5.32 Å². The summed E-state index contributed by atoms with van der Waals surface area (Å²) in [5, 5.41) is 2.71. The van der Waals surface area contributed by atoms with Gasteiger partial charge in [0.15, 0.2) is 0 Å². The molecule has 5 heteroatoms. The number of carbonyl (C=O) groups excluding carboxylic acids is 3. The van der Waals surface area contributed by atoms with Crippen molar-refractivity contribution in [2.45, 2.75) is 31.7 Å². The highest BCUT2D eigenvalue weighted by Crippen LogP contribution is 2.25. The lowest BCUT2D eigenvalue weighted by molar-refractivity contribution is -0.145. The number of Topliss-reactive ketones (excluding diaryl/α,β-unsaturated/α-hetero) is 1. The fourth-order valence-corrected chi connectivity index (χ4v) is 2.65. The molecule has 1 fully saturated rings. The van der Waals surface area contributed by atoms with E-state index in [1.54, 1.807) is 24.3 Å². The van der Waals surface area contributed by atoms with Crippen LogP contribution >= 0.6 is 0 Å². The summed E-state index contributed by atoms with van der Waals surface area (Å²) in [5.41, 5.74) is 0.480. The Morgan fingerprint density at radius 2 is 2.00 bits per heavy atom. The van der Waals surface area contributed by atoms with Crippen molar-refractivity contribution in [3.63, 3.8) is 0 Å². The lowest BCUT2D eigenvalue weighted by atomic mass is 9.83. The van der Waals surface area contributed by atoms with E-state index in [1.807, 2.05) is 6.07 Å². The fraction of sp³-hybridized carbons (Fsp3) is 0.438. The zero-order valence-electron chi connectivity index (χ0n) is 12.0. The Morgan fingerprint density at radius 3 is 2.62 bits per heavy atom. The summed E-state index contributed by atoms with van der Waals surface area (Å²) in [6.07, 6.45) is 2.35. The van der Waals surface area contributed by atoms with Crippen LogP contribution in [0.15, 0.2) is 30.3 Å². The highest BCUT2D eigenvalue weighted by molar-refractivity contribution is 5.97. The molecule has 0 heterocycles. The van der Waals surface area contributed by atoms with Gasteiger partial charge in [-0.3, -0.25) is 9.59 Å². The third-order valence-corrected chi connectivity index (χ3v) is 3.77. The van der Waals surface area contributed by atoms with Crippen molar-refractivity contribution in [3.05, 3.63) is 35.9 Å². The summed E-state index contributed by atoms with van der Waals surface area (Å²) in [6.45, 7) is 0. The summed E-state index contributed by atoms with van der Waals surface area (Å²) < 4.78 is 4.77. The van der Waals surface area contributed by atoms with Crippen molar-refractivity contribution in [2.75, 3.05) is 7.11 Å². The first-order chi connectivity index (χ1) is 10.1. The summed E-state index contributed by atoms with van der Waals surface area (Å²) in [4.78, 5) is 35.7. The topological polar surface area (TPSA) is 72.5 Å². The molecule has 1 aromatic rings. The SMILES string of the molecule is COC(=O)[C@H](NC(=O)c1ccccc1)[C@@H]1CCCC(=O)C1. The van der Waals surface area contributed by atoms with Crippen LogP contribution in [0.1, 0.15) is 36.0 Å². The molecule has 0 radical (unpaired) electrons. The number of carbonyl (C=O) groups is 3. The number of esters is 1. The molecule has 21 heavy (non-hydrogen) atoms. The van der Waals surface area contributed by atoms with Gasteiger partial charge < -0.3 is 10.1 Å². The first-order valence-electron chi connectivity index (χ1n) is 7.07. The van der Waals surface area contributed by atoms with Crippen LogP contribution in [0.4, 0.5) is 0 Å². The van der Waals surface area contributed by atoms with Gasteiger partial charge >= 0.3 is 5.97 Å². The van der Waals surface area contributed by atoms with Gasteiger partial charge in [0.2, 0.25) is 0 Å². The Labute approximate surface area is 123 Å². The van der Waals surface area contributed by atoms with Crippen LogP contribution in [0.5, 0.6) is 0 Å². The predicted molar refractivity (Wildman–Crippen MR) is 76.7 cm³/mol. The standard InChI is InChI=1S/C16H19NO4/c1-21-16(20)14(12-8-5-9-13(18)10-12)17-15(19)11-6-3-2-4-7-11/h2-4,6-7,12,14H,5,8-10H2,1H3,(H,17,19)/t12-,14-/m1/s1. The largest absolute Gasteiger partial charge is 0.467 e. The molecule has 2 rings (SSSR count). The van der Waals surface area contributed by atoms with E-state index in [1.165, 1.54) is 7.11 Å². The quantitative estimate of drug-likeness (QED) is 0.857. The van der Waals surface area contributed by atoms with Crippen molar-refractivity contribution in [1.82, 2.24) is 5.32 Å². The molecule has 1 saturated carbocycles. The molecule has 2 atom stereocenters. The second-order valence-corrected chi connectivity index (χ2v) is 5.24. The average molecular weight is 289 g/mol. The molecule has 0 saturated heterocycles. The molecule has 1 aliphatic carbocycles. The molecule has 1 N–H and O–H groups in total. The lowest BCUT2D eigenvalue weighted by Gasteiger charge is -2.28. The van der Waals surface area contributed by atoms with Crippen molar-refractivity contribution in [1.29, 1.82) is 0 Å². The molecule has 1 aliphatic rings. The number of amides is 1. The minimum absolute atomic E-state index is 0.133. The first kappa shape index (κ1) is 15.2. The summed E-state index contributed by atoms with van der Waals surface area (Å²) in [7, 11) is 1.29. The van der Waals surface area contributed by atoms with E-state index >= 15 is 0 Å². The molecular formula is C16H19NO4. The maximum atomic E-state index is 12.2. The van der Waals surface area contributed by atoms with Crippen LogP contribution in [-0.4, -0.2) is 30.8 Å².